The van der Waals surface area contributed by atoms with Gasteiger partial charge in [0, 0.05) is 29.3 Å². The van der Waals surface area contributed by atoms with Crippen LogP contribution in [0.4, 0.5) is 11.8 Å². The molecule has 1 saturated heterocycles. The minimum Gasteiger partial charge on any atom is -0.384 e. The summed E-state index contributed by atoms with van der Waals surface area (Å²) in [5.74, 6) is 0.556. The molecule has 0 aromatic carbocycles. The van der Waals surface area contributed by atoms with Crippen molar-refractivity contribution in [1.29, 1.82) is 0 Å². The molecule has 0 radical (unpaired) electrons. The van der Waals surface area contributed by atoms with E-state index in [2.05, 4.69) is 15.0 Å². The number of hydrogen-bond acceptors (Lipinski definition) is 7. The first-order valence-corrected chi connectivity index (χ1v) is 8.03. The molecule has 4 rings (SSSR count). The van der Waals surface area contributed by atoms with Crippen molar-refractivity contribution in [2.24, 2.45) is 0 Å². The Labute approximate surface area is 143 Å². The second-order valence-corrected chi connectivity index (χ2v) is 6.13. The third-order valence-electron chi connectivity index (χ3n) is 4.47. The van der Waals surface area contributed by atoms with E-state index in [1.807, 2.05) is 6.92 Å². The van der Waals surface area contributed by atoms with Gasteiger partial charge in [-0.05, 0) is 31.5 Å². The van der Waals surface area contributed by atoms with Crippen LogP contribution >= 0.6 is 0 Å². The highest BCUT2D eigenvalue weighted by Gasteiger charge is 2.24. The zero-order valence-corrected chi connectivity index (χ0v) is 13.8. The van der Waals surface area contributed by atoms with Crippen LogP contribution in [0.5, 0.6) is 0 Å². The van der Waals surface area contributed by atoms with Crippen molar-refractivity contribution in [1.82, 2.24) is 19.5 Å². The number of nitrogen functional groups attached to an aromatic ring is 2. The Bertz CT molecular complexity index is 1010. The first kappa shape index (κ1) is 15.5. The van der Waals surface area contributed by atoms with E-state index in [9.17, 15) is 4.79 Å². The molecule has 128 valence electrons. The van der Waals surface area contributed by atoms with Crippen molar-refractivity contribution in [3.05, 3.63) is 40.4 Å². The van der Waals surface area contributed by atoms with Crippen LogP contribution in [-0.4, -0.2) is 32.7 Å². The van der Waals surface area contributed by atoms with Gasteiger partial charge in [0.25, 0.3) is 5.56 Å². The standard InChI is InChI=1S/C17H18N6O2/c1-9-12-6-13(10-2-3-14(18)20-7-10)16(24)23(11-4-5-25-8-11)15(12)22-17(19)21-9/h2-3,6-7,11H,4-5,8H2,1H3,(H2,18,20)(H2,19,21,22)/t11-/m0/s1. The minimum absolute atomic E-state index is 0.0783. The molecule has 1 aliphatic heterocycles. The zero-order chi connectivity index (χ0) is 17.6. The summed E-state index contributed by atoms with van der Waals surface area (Å²) in [5, 5.41) is 0.785. The van der Waals surface area contributed by atoms with Gasteiger partial charge in [0.05, 0.1) is 18.3 Å². The monoisotopic (exact) mass is 338 g/mol. The fourth-order valence-corrected chi connectivity index (χ4v) is 3.21. The van der Waals surface area contributed by atoms with Crippen molar-refractivity contribution < 1.29 is 4.74 Å². The van der Waals surface area contributed by atoms with Gasteiger partial charge in [0.2, 0.25) is 5.95 Å². The molecule has 8 heteroatoms. The van der Waals surface area contributed by atoms with E-state index in [1.54, 1.807) is 29.0 Å². The maximum absolute atomic E-state index is 13.2. The van der Waals surface area contributed by atoms with Gasteiger partial charge in [0.15, 0.2) is 0 Å². The number of nitrogens with zero attached hydrogens (tertiary/aromatic N) is 4. The first-order valence-electron chi connectivity index (χ1n) is 8.03. The zero-order valence-electron chi connectivity index (χ0n) is 13.8. The van der Waals surface area contributed by atoms with Crippen molar-refractivity contribution in [2.75, 3.05) is 24.7 Å². The molecular formula is C17H18N6O2. The van der Waals surface area contributed by atoms with Gasteiger partial charge in [-0.15, -0.1) is 0 Å². The predicted octanol–water partition coefficient (Wildman–Crippen LogP) is 1.29. The summed E-state index contributed by atoms with van der Waals surface area (Å²) in [5.41, 5.74) is 13.8. The van der Waals surface area contributed by atoms with E-state index in [-0.39, 0.29) is 17.5 Å². The molecule has 3 aromatic rings. The number of aryl methyl sites for hydroxylation is 1. The van der Waals surface area contributed by atoms with Gasteiger partial charge in [-0.2, -0.15) is 4.98 Å². The third kappa shape index (κ3) is 2.60. The molecule has 1 aliphatic rings. The summed E-state index contributed by atoms with van der Waals surface area (Å²) in [6.07, 6.45) is 2.35. The molecule has 4 N–H and O–H groups in total. The van der Waals surface area contributed by atoms with Crippen LogP contribution in [0, 0.1) is 6.92 Å². The number of nitrogens with two attached hydrogens (primary N) is 2. The Morgan fingerprint density at radius 2 is 2.12 bits per heavy atom. The van der Waals surface area contributed by atoms with Crippen molar-refractivity contribution in [2.45, 2.75) is 19.4 Å². The van der Waals surface area contributed by atoms with Gasteiger partial charge in [-0.25, -0.2) is 9.97 Å². The molecular weight excluding hydrogens is 320 g/mol. The molecule has 8 nitrogen and oxygen atoms in total. The van der Waals surface area contributed by atoms with E-state index in [4.69, 9.17) is 16.2 Å². The molecule has 1 atom stereocenters. The SMILES string of the molecule is Cc1nc(N)nc2c1cc(-c1ccc(N)nc1)c(=O)n2[C@H]1CCOC1. The second kappa shape index (κ2) is 5.82. The fourth-order valence-electron chi connectivity index (χ4n) is 3.21. The fraction of sp³-hybridized carbons (Fsp3) is 0.294. The van der Waals surface area contributed by atoms with Crippen molar-refractivity contribution in [3.63, 3.8) is 0 Å². The van der Waals surface area contributed by atoms with E-state index < -0.39 is 0 Å². The minimum atomic E-state index is -0.146. The molecule has 0 amide bonds. The maximum Gasteiger partial charge on any atom is 0.260 e. The number of aromatic nitrogens is 4. The molecule has 0 aliphatic carbocycles. The van der Waals surface area contributed by atoms with Gasteiger partial charge in [-0.3, -0.25) is 9.36 Å². The molecule has 4 heterocycles. The van der Waals surface area contributed by atoms with E-state index >= 15 is 0 Å². The first-order chi connectivity index (χ1) is 12.0. The van der Waals surface area contributed by atoms with Crippen LogP contribution in [0.15, 0.2) is 29.2 Å². The summed E-state index contributed by atoms with van der Waals surface area (Å²) >= 11 is 0. The topological polar surface area (TPSA) is 122 Å². The molecule has 0 bridgehead atoms. The quantitative estimate of drug-likeness (QED) is 0.722. The molecule has 0 unspecified atom stereocenters. The molecule has 3 aromatic heterocycles. The summed E-state index contributed by atoms with van der Waals surface area (Å²) < 4.78 is 7.15. The average Bonchev–Trinajstić information content (AvgIpc) is 3.09. The second-order valence-electron chi connectivity index (χ2n) is 6.13. The normalized spacial score (nSPS) is 17.2. The van der Waals surface area contributed by atoms with Crippen LogP contribution in [0.25, 0.3) is 22.2 Å². The van der Waals surface area contributed by atoms with Gasteiger partial charge >= 0.3 is 0 Å². The maximum atomic E-state index is 13.2. The lowest BCUT2D eigenvalue weighted by Crippen LogP contribution is -2.28. The largest absolute Gasteiger partial charge is 0.384 e. The van der Waals surface area contributed by atoms with Crippen molar-refractivity contribution in [3.8, 4) is 11.1 Å². The number of pyridine rings is 2. The average molecular weight is 338 g/mol. The van der Waals surface area contributed by atoms with Gasteiger partial charge < -0.3 is 16.2 Å². The van der Waals surface area contributed by atoms with Gasteiger partial charge in [-0.1, -0.05) is 0 Å². The predicted molar refractivity (Wildman–Crippen MR) is 95.1 cm³/mol. The van der Waals surface area contributed by atoms with E-state index in [0.717, 1.165) is 17.5 Å². The summed E-state index contributed by atoms with van der Waals surface area (Å²) in [6, 6.07) is 5.18. The highest BCUT2D eigenvalue weighted by Crippen LogP contribution is 2.27. The number of rotatable bonds is 2. The number of ether oxygens (including phenoxy) is 1. The molecule has 0 saturated carbocycles. The van der Waals surface area contributed by atoms with Crippen molar-refractivity contribution >= 4 is 22.8 Å². The van der Waals surface area contributed by atoms with Crippen LogP contribution in [0.2, 0.25) is 0 Å². The Hall–Kier alpha value is -3.00. The van der Waals surface area contributed by atoms with E-state index in [1.165, 1.54) is 0 Å². The highest BCUT2D eigenvalue weighted by molar-refractivity contribution is 5.84. The smallest absolute Gasteiger partial charge is 0.260 e. The van der Waals surface area contributed by atoms with Gasteiger partial charge in [0.1, 0.15) is 11.5 Å². The number of hydrogen-bond donors (Lipinski definition) is 2. The lowest BCUT2D eigenvalue weighted by atomic mass is 10.1. The highest BCUT2D eigenvalue weighted by atomic mass is 16.5. The van der Waals surface area contributed by atoms with Crippen LogP contribution in [0.3, 0.4) is 0 Å². The molecule has 25 heavy (non-hydrogen) atoms. The Kier molecular flexibility index (Phi) is 3.61. The number of anilines is 2. The lowest BCUT2D eigenvalue weighted by Gasteiger charge is -2.18. The Morgan fingerprint density at radius 1 is 1.28 bits per heavy atom. The summed E-state index contributed by atoms with van der Waals surface area (Å²) in [7, 11) is 0. The Morgan fingerprint density at radius 3 is 2.80 bits per heavy atom. The summed E-state index contributed by atoms with van der Waals surface area (Å²) in [4.78, 5) is 25.9. The number of fused-ring (bicyclic) bond motifs is 1. The Balaban J connectivity index is 2.06. The van der Waals surface area contributed by atoms with Crippen LogP contribution < -0.4 is 17.0 Å². The summed E-state index contributed by atoms with van der Waals surface area (Å²) in [6.45, 7) is 2.94. The third-order valence-corrected chi connectivity index (χ3v) is 4.47. The lowest BCUT2D eigenvalue weighted by molar-refractivity contribution is 0.186. The van der Waals surface area contributed by atoms with Crippen LogP contribution in [0.1, 0.15) is 18.2 Å². The molecule has 1 fully saturated rings. The van der Waals surface area contributed by atoms with Crippen LogP contribution in [-0.2, 0) is 4.74 Å². The molecule has 0 spiro atoms. The van der Waals surface area contributed by atoms with E-state index in [0.29, 0.717) is 35.8 Å².